The molecule has 0 spiro atoms. The van der Waals surface area contributed by atoms with Crippen LogP contribution < -0.4 is 10.6 Å². The normalized spacial score (nSPS) is 13.2. The number of aliphatic hydroxyl groups is 1. The molecule has 0 aromatic carbocycles. The Morgan fingerprint density at radius 1 is 1.48 bits per heavy atom. The number of nitrogens with zero attached hydrogens (tertiary/aromatic N) is 2. The second-order valence-corrected chi connectivity index (χ2v) is 7.04. The first-order valence-corrected chi connectivity index (χ1v) is 8.44. The van der Waals surface area contributed by atoms with Gasteiger partial charge in [0.15, 0.2) is 5.96 Å². The van der Waals surface area contributed by atoms with E-state index in [4.69, 9.17) is 11.6 Å². The summed E-state index contributed by atoms with van der Waals surface area (Å²) in [5.74, 6) is 0.629. The van der Waals surface area contributed by atoms with Crippen LogP contribution in [-0.2, 0) is 6.54 Å². The minimum Gasteiger partial charge on any atom is -0.386 e. The summed E-state index contributed by atoms with van der Waals surface area (Å²) < 4.78 is 0.672. The summed E-state index contributed by atoms with van der Waals surface area (Å²) in [5.41, 5.74) is 1.02. The quantitative estimate of drug-likeness (QED) is 0.576. The van der Waals surface area contributed by atoms with Gasteiger partial charge in [0.05, 0.1) is 10.9 Å². The van der Waals surface area contributed by atoms with Gasteiger partial charge in [0.2, 0.25) is 0 Å². The first kappa shape index (κ1) is 16.2. The van der Waals surface area contributed by atoms with Crippen LogP contribution in [0.4, 0.5) is 0 Å². The number of aliphatic hydroxyl groups excluding tert-OH is 1. The highest BCUT2D eigenvalue weighted by Gasteiger charge is 2.11. The van der Waals surface area contributed by atoms with E-state index < -0.39 is 6.10 Å². The number of halogens is 1. The second-order valence-electron chi connectivity index (χ2n) is 4.35. The average Bonchev–Trinajstić information content (AvgIpc) is 3.07. The number of thiophene rings is 1. The van der Waals surface area contributed by atoms with Gasteiger partial charge in [0, 0.05) is 29.5 Å². The predicted molar refractivity (Wildman–Crippen MR) is 89.3 cm³/mol. The Hall–Kier alpha value is -1.15. The summed E-state index contributed by atoms with van der Waals surface area (Å²) >= 11 is 8.84. The molecule has 0 radical (unpaired) electrons. The lowest BCUT2D eigenvalue weighted by atomic mass is 10.3. The molecule has 0 saturated carbocycles. The van der Waals surface area contributed by atoms with Crippen molar-refractivity contribution in [2.24, 2.45) is 4.99 Å². The van der Waals surface area contributed by atoms with Gasteiger partial charge in [-0.1, -0.05) is 11.6 Å². The predicted octanol–water partition coefficient (Wildman–Crippen LogP) is 2.57. The number of aliphatic imine (C=N–C) groups is 1. The molecular weight excluding hydrogens is 328 g/mol. The largest absolute Gasteiger partial charge is 0.386 e. The molecule has 0 saturated heterocycles. The van der Waals surface area contributed by atoms with E-state index in [0.717, 1.165) is 15.6 Å². The summed E-state index contributed by atoms with van der Waals surface area (Å²) in [5, 5.41) is 19.3. The van der Waals surface area contributed by atoms with Crippen LogP contribution in [0.1, 0.15) is 21.7 Å². The van der Waals surface area contributed by atoms with Crippen molar-refractivity contribution in [2.75, 3.05) is 13.6 Å². The number of hydrogen-bond acceptors (Lipinski definition) is 5. The Labute approximate surface area is 136 Å². The maximum Gasteiger partial charge on any atom is 0.191 e. The van der Waals surface area contributed by atoms with Crippen LogP contribution in [0.3, 0.4) is 0 Å². The second kappa shape index (κ2) is 7.74. The first-order valence-electron chi connectivity index (χ1n) is 6.37. The van der Waals surface area contributed by atoms with Gasteiger partial charge in [-0.25, -0.2) is 4.98 Å². The molecule has 8 heteroatoms. The van der Waals surface area contributed by atoms with Crippen molar-refractivity contribution >= 4 is 40.2 Å². The van der Waals surface area contributed by atoms with E-state index in [1.807, 2.05) is 18.4 Å². The van der Waals surface area contributed by atoms with Crippen molar-refractivity contribution in [2.45, 2.75) is 19.6 Å². The van der Waals surface area contributed by atoms with Gasteiger partial charge in [0.1, 0.15) is 11.1 Å². The molecule has 114 valence electrons. The zero-order chi connectivity index (χ0) is 15.2. The SMILES string of the molecule is CN=C(NCc1nc(C)cs1)NCC(O)c1ccc(Cl)s1. The smallest absolute Gasteiger partial charge is 0.191 e. The van der Waals surface area contributed by atoms with Crippen molar-refractivity contribution in [3.63, 3.8) is 0 Å². The van der Waals surface area contributed by atoms with Crippen molar-refractivity contribution < 1.29 is 5.11 Å². The zero-order valence-electron chi connectivity index (χ0n) is 11.8. The minimum atomic E-state index is -0.608. The van der Waals surface area contributed by atoms with Gasteiger partial charge in [-0.15, -0.1) is 22.7 Å². The minimum absolute atomic E-state index is 0.368. The number of aryl methyl sites for hydroxylation is 1. The zero-order valence-corrected chi connectivity index (χ0v) is 14.1. The number of rotatable bonds is 5. The van der Waals surface area contributed by atoms with E-state index in [1.54, 1.807) is 24.5 Å². The van der Waals surface area contributed by atoms with E-state index in [2.05, 4.69) is 20.6 Å². The van der Waals surface area contributed by atoms with E-state index in [-0.39, 0.29) is 0 Å². The highest BCUT2D eigenvalue weighted by Crippen LogP contribution is 2.26. The maximum atomic E-state index is 10.1. The van der Waals surface area contributed by atoms with E-state index in [9.17, 15) is 5.11 Å². The van der Waals surface area contributed by atoms with Crippen LogP contribution in [0, 0.1) is 6.92 Å². The lowest BCUT2D eigenvalue weighted by Gasteiger charge is -2.14. The van der Waals surface area contributed by atoms with E-state index in [1.165, 1.54) is 11.3 Å². The molecule has 0 bridgehead atoms. The molecule has 3 N–H and O–H groups in total. The molecule has 1 unspecified atom stereocenters. The van der Waals surface area contributed by atoms with Gasteiger partial charge < -0.3 is 15.7 Å². The Morgan fingerprint density at radius 2 is 2.29 bits per heavy atom. The highest BCUT2D eigenvalue weighted by molar-refractivity contribution is 7.16. The summed E-state index contributed by atoms with van der Waals surface area (Å²) in [6.45, 7) is 2.95. The first-order chi connectivity index (χ1) is 10.1. The van der Waals surface area contributed by atoms with Crippen LogP contribution in [0.2, 0.25) is 4.34 Å². The number of nitrogens with one attached hydrogen (secondary N) is 2. The van der Waals surface area contributed by atoms with Gasteiger partial charge in [0.25, 0.3) is 0 Å². The summed E-state index contributed by atoms with van der Waals surface area (Å²) in [4.78, 5) is 9.32. The molecule has 0 aliphatic rings. The van der Waals surface area contributed by atoms with Crippen LogP contribution in [0.15, 0.2) is 22.5 Å². The van der Waals surface area contributed by atoms with Gasteiger partial charge in [-0.05, 0) is 19.1 Å². The van der Waals surface area contributed by atoms with Crippen LogP contribution in [0.25, 0.3) is 0 Å². The van der Waals surface area contributed by atoms with Crippen molar-refractivity contribution in [3.05, 3.63) is 37.4 Å². The fraction of sp³-hybridized carbons (Fsp3) is 0.385. The Morgan fingerprint density at radius 3 is 2.86 bits per heavy atom. The van der Waals surface area contributed by atoms with Crippen molar-refractivity contribution in [3.8, 4) is 0 Å². The van der Waals surface area contributed by atoms with E-state index >= 15 is 0 Å². The van der Waals surface area contributed by atoms with Crippen molar-refractivity contribution in [1.82, 2.24) is 15.6 Å². The highest BCUT2D eigenvalue weighted by atomic mass is 35.5. The van der Waals surface area contributed by atoms with E-state index in [0.29, 0.717) is 23.4 Å². The van der Waals surface area contributed by atoms with Crippen LogP contribution in [-0.4, -0.2) is 29.6 Å². The maximum absolute atomic E-state index is 10.1. The van der Waals surface area contributed by atoms with Crippen LogP contribution in [0.5, 0.6) is 0 Å². The monoisotopic (exact) mass is 344 g/mol. The molecule has 0 aliphatic carbocycles. The topological polar surface area (TPSA) is 69.5 Å². The lowest BCUT2D eigenvalue weighted by molar-refractivity contribution is 0.184. The number of aromatic nitrogens is 1. The molecule has 2 heterocycles. The Balaban J connectivity index is 1.80. The standard InChI is InChI=1S/C13H17ClN4OS2/c1-8-7-20-12(18-8)6-17-13(15-2)16-5-9(19)10-3-4-11(14)21-10/h3-4,7,9,19H,5-6H2,1-2H3,(H2,15,16,17). The van der Waals surface area contributed by atoms with Gasteiger partial charge in [-0.2, -0.15) is 0 Å². The number of guanidine groups is 1. The Kier molecular flexibility index (Phi) is 5.98. The van der Waals surface area contributed by atoms with Crippen LogP contribution >= 0.6 is 34.3 Å². The lowest BCUT2D eigenvalue weighted by Crippen LogP contribution is -2.38. The molecule has 5 nitrogen and oxygen atoms in total. The average molecular weight is 345 g/mol. The third kappa shape index (κ3) is 4.96. The molecule has 2 rings (SSSR count). The van der Waals surface area contributed by atoms with Gasteiger partial charge >= 0.3 is 0 Å². The number of hydrogen-bond donors (Lipinski definition) is 3. The third-order valence-electron chi connectivity index (χ3n) is 2.68. The Bertz CT molecular complexity index is 611. The fourth-order valence-corrected chi connectivity index (χ4v) is 3.42. The molecule has 2 aromatic rings. The van der Waals surface area contributed by atoms with Crippen molar-refractivity contribution in [1.29, 1.82) is 0 Å². The van der Waals surface area contributed by atoms with Gasteiger partial charge in [-0.3, -0.25) is 4.99 Å². The molecular formula is C13H17ClN4OS2. The molecule has 0 aliphatic heterocycles. The summed E-state index contributed by atoms with van der Waals surface area (Å²) in [6.07, 6.45) is -0.608. The fourth-order valence-electron chi connectivity index (χ4n) is 1.67. The summed E-state index contributed by atoms with van der Waals surface area (Å²) in [6, 6.07) is 3.61. The number of thiazole rings is 1. The third-order valence-corrected chi connectivity index (χ3v) is 4.98. The molecule has 2 aromatic heterocycles. The summed E-state index contributed by atoms with van der Waals surface area (Å²) in [7, 11) is 1.69. The molecule has 0 amide bonds. The molecule has 1 atom stereocenters. The molecule has 0 fully saturated rings. The molecule has 21 heavy (non-hydrogen) atoms.